The van der Waals surface area contributed by atoms with Gasteiger partial charge in [0, 0.05) is 17.9 Å². The van der Waals surface area contributed by atoms with Gasteiger partial charge in [-0.1, -0.05) is 48.2 Å². The van der Waals surface area contributed by atoms with Gasteiger partial charge in [-0.05, 0) is 54.0 Å². The van der Waals surface area contributed by atoms with Crippen molar-refractivity contribution in [1.82, 2.24) is 20.2 Å². The van der Waals surface area contributed by atoms with E-state index in [2.05, 4.69) is 20.8 Å². The lowest BCUT2D eigenvalue weighted by Crippen LogP contribution is -2.13. The van der Waals surface area contributed by atoms with Gasteiger partial charge < -0.3 is 5.32 Å². The molecule has 0 aliphatic heterocycles. The van der Waals surface area contributed by atoms with Crippen LogP contribution >= 0.6 is 11.8 Å². The first kappa shape index (κ1) is 18.1. The Balaban J connectivity index is 1.49. The smallest absolute Gasteiger partial charge is 0.224 e. The first-order valence-corrected chi connectivity index (χ1v) is 9.46. The molecule has 7 heteroatoms. The summed E-state index contributed by atoms with van der Waals surface area (Å²) in [5.74, 6) is 0.804. The fraction of sp³-hybridized carbons (Fsp3) is 0.263. The molecule has 1 N–H and O–H groups in total. The van der Waals surface area contributed by atoms with E-state index in [1.807, 2.05) is 62.4 Å². The molecule has 0 radical (unpaired) electrons. The van der Waals surface area contributed by atoms with E-state index in [0.717, 1.165) is 39.8 Å². The Labute approximate surface area is 157 Å². The number of rotatable bonds is 7. The van der Waals surface area contributed by atoms with E-state index in [0.29, 0.717) is 6.42 Å². The minimum Gasteiger partial charge on any atom is -0.326 e. The van der Waals surface area contributed by atoms with Crippen LogP contribution in [0.25, 0.3) is 5.69 Å². The third-order valence-corrected chi connectivity index (χ3v) is 4.97. The molecule has 0 saturated carbocycles. The molecular weight excluding hydrogens is 346 g/mol. The molecule has 0 fully saturated rings. The van der Waals surface area contributed by atoms with E-state index in [1.54, 1.807) is 16.4 Å². The highest BCUT2D eigenvalue weighted by atomic mass is 32.2. The van der Waals surface area contributed by atoms with Crippen LogP contribution in [0.4, 0.5) is 5.69 Å². The molecule has 1 aromatic heterocycles. The van der Waals surface area contributed by atoms with Crippen molar-refractivity contribution < 1.29 is 4.79 Å². The van der Waals surface area contributed by atoms with Crippen molar-refractivity contribution in [2.75, 3.05) is 11.1 Å². The van der Waals surface area contributed by atoms with Crippen LogP contribution in [0.3, 0.4) is 0 Å². The number of hydrogen-bond donors (Lipinski definition) is 1. The molecule has 2 aromatic carbocycles. The van der Waals surface area contributed by atoms with E-state index < -0.39 is 0 Å². The maximum absolute atomic E-state index is 12.2. The van der Waals surface area contributed by atoms with Crippen molar-refractivity contribution in [2.45, 2.75) is 31.8 Å². The number of carbonyl (C=O) groups excluding carboxylic acids is 1. The average molecular weight is 367 g/mol. The lowest BCUT2D eigenvalue weighted by Gasteiger charge is -2.11. The highest BCUT2D eigenvalue weighted by Gasteiger charge is 2.10. The van der Waals surface area contributed by atoms with Gasteiger partial charge >= 0.3 is 0 Å². The summed E-state index contributed by atoms with van der Waals surface area (Å²) in [7, 11) is 0. The van der Waals surface area contributed by atoms with Gasteiger partial charge in [-0.15, -0.1) is 5.10 Å². The minimum absolute atomic E-state index is 0.0330. The number of nitrogens with one attached hydrogen (secondary N) is 1. The van der Waals surface area contributed by atoms with Gasteiger partial charge in [-0.3, -0.25) is 4.79 Å². The number of para-hydroxylation sites is 2. The molecule has 1 amide bonds. The van der Waals surface area contributed by atoms with Crippen LogP contribution in [-0.2, 0) is 4.79 Å². The maximum atomic E-state index is 12.2. The average Bonchev–Trinajstić information content (AvgIpc) is 3.11. The summed E-state index contributed by atoms with van der Waals surface area (Å²) in [6.07, 6.45) is 1.22. The van der Waals surface area contributed by atoms with E-state index >= 15 is 0 Å². The molecule has 3 rings (SSSR count). The lowest BCUT2D eigenvalue weighted by molar-refractivity contribution is -0.116. The van der Waals surface area contributed by atoms with Gasteiger partial charge in [0.1, 0.15) is 0 Å². The summed E-state index contributed by atoms with van der Waals surface area (Å²) in [6.45, 7) is 4.00. The Bertz CT molecular complexity index is 858. The van der Waals surface area contributed by atoms with Gasteiger partial charge in [0.05, 0.1) is 5.69 Å². The number of aryl methyl sites for hydroxylation is 2. The van der Waals surface area contributed by atoms with Crippen LogP contribution in [0.15, 0.2) is 53.7 Å². The largest absolute Gasteiger partial charge is 0.326 e. The summed E-state index contributed by atoms with van der Waals surface area (Å²) in [4.78, 5) is 12.2. The summed E-state index contributed by atoms with van der Waals surface area (Å²) in [6, 6.07) is 15.8. The van der Waals surface area contributed by atoms with Crippen LogP contribution in [0.1, 0.15) is 24.0 Å². The van der Waals surface area contributed by atoms with Gasteiger partial charge in [-0.2, -0.15) is 4.68 Å². The second-order valence-corrected chi connectivity index (χ2v) is 7.04. The number of amides is 1. The Kier molecular flexibility index (Phi) is 6.01. The zero-order chi connectivity index (χ0) is 18.4. The lowest BCUT2D eigenvalue weighted by atomic mass is 10.1. The highest BCUT2D eigenvalue weighted by Crippen LogP contribution is 2.21. The predicted molar refractivity (Wildman–Crippen MR) is 104 cm³/mol. The quantitative estimate of drug-likeness (QED) is 0.508. The molecule has 3 aromatic rings. The van der Waals surface area contributed by atoms with Crippen molar-refractivity contribution in [1.29, 1.82) is 0 Å². The Morgan fingerprint density at radius 2 is 1.81 bits per heavy atom. The third kappa shape index (κ3) is 4.49. The molecule has 0 spiro atoms. The van der Waals surface area contributed by atoms with Crippen molar-refractivity contribution in [3.63, 3.8) is 0 Å². The summed E-state index contributed by atoms with van der Waals surface area (Å²) < 4.78 is 1.71. The standard InChI is InChI=1S/C19H21N5OS/c1-14-8-6-9-15(2)18(14)20-17(25)12-7-13-26-19-21-22-23-24(19)16-10-4-3-5-11-16/h3-6,8-11H,7,12-13H2,1-2H3,(H,20,25). The fourth-order valence-electron chi connectivity index (χ4n) is 2.61. The number of anilines is 1. The van der Waals surface area contributed by atoms with Crippen LogP contribution in [0, 0.1) is 13.8 Å². The van der Waals surface area contributed by atoms with E-state index in [1.165, 1.54) is 0 Å². The Morgan fingerprint density at radius 3 is 2.54 bits per heavy atom. The normalized spacial score (nSPS) is 10.7. The summed E-state index contributed by atoms with van der Waals surface area (Å²) in [5.41, 5.74) is 4.00. The minimum atomic E-state index is 0.0330. The number of nitrogens with zero attached hydrogens (tertiary/aromatic N) is 4. The third-order valence-electron chi connectivity index (χ3n) is 3.97. The molecule has 26 heavy (non-hydrogen) atoms. The molecular formula is C19H21N5OS. The topological polar surface area (TPSA) is 72.7 Å². The van der Waals surface area contributed by atoms with Crippen molar-refractivity contribution >= 4 is 23.4 Å². The van der Waals surface area contributed by atoms with Gasteiger partial charge in [0.2, 0.25) is 11.1 Å². The summed E-state index contributed by atoms with van der Waals surface area (Å²) in [5, 5.41) is 15.6. The van der Waals surface area contributed by atoms with Crippen LogP contribution < -0.4 is 5.32 Å². The molecule has 1 heterocycles. The highest BCUT2D eigenvalue weighted by molar-refractivity contribution is 7.99. The molecule has 0 atom stereocenters. The number of hydrogen-bond acceptors (Lipinski definition) is 5. The molecule has 0 unspecified atom stereocenters. The Hall–Kier alpha value is -2.67. The second kappa shape index (κ2) is 8.62. The second-order valence-electron chi connectivity index (χ2n) is 5.98. The van der Waals surface area contributed by atoms with E-state index in [4.69, 9.17) is 0 Å². The fourth-order valence-corrected chi connectivity index (χ4v) is 3.44. The zero-order valence-corrected chi connectivity index (χ0v) is 15.7. The first-order valence-electron chi connectivity index (χ1n) is 8.48. The van der Waals surface area contributed by atoms with Crippen molar-refractivity contribution in [3.8, 4) is 5.69 Å². The van der Waals surface area contributed by atoms with Crippen molar-refractivity contribution in [3.05, 3.63) is 59.7 Å². The van der Waals surface area contributed by atoms with Crippen LogP contribution in [-0.4, -0.2) is 31.9 Å². The number of thioether (sulfide) groups is 1. The van der Waals surface area contributed by atoms with Gasteiger partial charge in [0.25, 0.3) is 0 Å². The Morgan fingerprint density at radius 1 is 1.08 bits per heavy atom. The van der Waals surface area contributed by atoms with Gasteiger partial charge in [0.15, 0.2) is 0 Å². The monoisotopic (exact) mass is 367 g/mol. The molecule has 0 aliphatic rings. The number of aromatic nitrogens is 4. The van der Waals surface area contributed by atoms with Crippen LogP contribution in [0.5, 0.6) is 0 Å². The maximum Gasteiger partial charge on any atom is 0.224 e. The summed E-state index contributed by atoms with van der Waals surface area (Å²) >= 11 is 1.55. The SMILES string of the molecule is Cc1cccc(C)c1NC(=O)CCCSc1nnnn1-c1ccccc1. The molecule has 6 nitrogen and oxygen atoms in total. The van der Waals surface area contributed by atoms with E-state index in [9.17, 15) is 4.79 Å². The zero-order valence-electron chi connectivity index (χ0n) is 14.8. The first-order chi connectivity index (χ1) is 12.6. The predicted octanol–water partition coefficient (Wildman–Crippen LogP) is 3.79. The molecule has 0 saturated heterocycles. The van der Waals surface area contributed by atoms with Crippen molar-refractivity contribution in [2.24, 2.45) is 0 Å². The molecule has 134 valence electrons. The number of carbonyl (C=O) groups is 1. The van der Waals surface area contributed by atoms with Crippen LogP contribution in [0.2, 0.25) is 0 Å². The molecule has 0 bridgehead atoms. The van der Waals surface area contributed by atoms with E-state index in [-0.39, 0.29) is 5.91 Å². The molecule has 0 aliphatic carbocycles. The van der Waals surface area contributed by atoms with Gasteiger partial charge in [-0.25, -0.2) is 0 Å². The number of tetrazole rings is 1. The number of benzene rings is 2.